The number of carboxylic acids is 4. The molecule has 2 fully saturated rings. The summed E-state index contributed by atoms with van der Waals surface area (Å²) in [6.07, 6.45) is 19.7. The summed E-state index contributed by atoms with van der Waals surface area (Å²) < 4.78 is 0. The lowest BCUT2D eigenvalue weighted by Gasteiger charge is -2.51. The van der Waals surface area contributed by atoms with Gasteiger partial charge in [0, 0.05) is 23.4 Å². The number of likely N-dealkylation sites (tertiary alicyclic amines) is 2. The first-order chi connectivity index (χ1) is 33.9. The Morgan fingerprint density at radius 1 is 0.493 bits per heavy atom. The summed E-state index contributed by atoms with van der Waals surface area (Å²) >= 11 is 0. The number of unbranched alkanes of at least 4 members (excludes halogenated alkanes) is 12. The Balaban J connectivity index is 1.57. The molecule has 6 aliphatic rings. The van der Waals surface area contributed by atoms with Gasteiger partial charge in [0.2, 0.25) is 0 Å². The number of fused-ring (bicyclic) bond motifs is 2. The first-order valence-corrected chi connectivity index (χ1v) is 25.5. The minimum Gasteiger partial charge on any atom is -0.480 e. The molecule has 17 nitrogen and oxygen atoms in total. The monoisotopic (exact) mass is 979 g/mol. The van der Waals surface area contributed by atoms with Crippen molar-refractivity contribution < 1.29 is 63.7 Å². The van der Waals surface area contributed by atoms with Gasteiger partial charge in [-0.15, -0.1) is 0 Å². The highest BCUT2D eigenvalue weighted by molar-refractivity contribution is 6.34. The van der Waals surface area contributed by atoms with Gasteiger partial charge in [-0.1, -0.05) is 167 Å². The minimum atomic E-state index is -3.15. The molecular weight excluding hydrogens is 915 g/mol. The highest BCUT2D eigenvalue weighted by atomic mass is 16.6. The molecule has 2 saturated heterocycles. The van der Waals surface area contributed by atoms with Crippen molar-refractivity contribution in [2.45, 2.75) is 168 Å². The van der Waals surface area contributed by atoms with Gasteiger partial charge in [0.25, 0.3) is 29.3 Å². The van der Waals surface area contributed by atoms with Crippen LogP contribution in [0.2, 0.25) is 0 Å². The second-order valence-corrected chi connectivity index (χ2v) is 20.0. The van der Waals surface area contributed by atoms with E-state index < -0.39 is 114 Å². The molecule has 1 aromatic carbocycles. The number of nitrogens with zero attached hydrogens (tertiary/aromatic N) is 3. The molecule has 0 aromatic heterocycles. The Morgan fingerprint density at radius 2 is 0.803 bits per heavy atom. The number of amides is 4. The standard InChI is InChI=1S/C54H65N3O14/c1-5-9-13-17-21-32(22-18-14-10-6-2)55-43(58)51(47(62)63)28-25-34-35-26-29-53(49(66)67)42-40(35)39(36-27-30-52(44(55)59,48(64)65)41(51)38(34)36)37(57(70)71)31-54(42,50(68)69)46(61)56(45(53)60)33(23-19-15-11-7-3)24-20-16-12-8-4/h25-33H,5-24H2,1-4H3,(H,62,63)(H,64,65)(H,66,67)(H,68,69). The third-order valence-corrected chi connectivity index (χ3v) is 15.9. The van der Waals surface area contributed by atoms with E-state index in [1.165, 1.54) is 6.08 Å². The predicted molar refractivity (Wildman–Crippen MR) is 261 cm³/mol. The Bertz CT molecular complexity index is 2690. The van der Waals surface area contributed by atoms with Crippen LogP contribution in [0.5, 0.6) is 0 Å². The third kappa shape index (κ3) is 7.70. The molecule has 4 aliphatic carbocycles. The van der Waals surface area contributed by atoms with Crippen molar-refractivity contribution in [1.29, 1.82) is 0 Å². The van der Waals surface area contributed by atoms with Crippen LogP contribution in [0.3, 0.4) is 0 Å². The van der Waals surface area contributed by atoms with Crippen LogP contribution in [0.4, 0.5) is 0 Å². The van der Waals surface area contributed by atoms with Crippen molar-refractivity contribution in [3.63, 3.8) is 0 Å². The predicted octanol–water partition coefficient (Wildman–Crippen LogP) is 7.34. The maximum absolute atomic E-state index is 15.4. The van der Waals surface area contributed by atoms with Crippen LogP contribution in [0.15, 0.2) is 24.3 Å². The van der Waals surface area contributed by atoms with Crippen LogP contribution in [0.1, 0.15) is 178 Å². The Morgan fingerprint density at radius 3 is 1.13 bits per heavy atom. The lowest BCUT2D eigenvalue weighted by Crippen LogP contribution is -2.70. The van der Waals surface area contributed by atoms with E-state index in [2.05, 4.69) is 0 Å². The zero-order valence-electron chi connectivity index (χ0n) is 41.1. The third-order valence-electron chi connectivity index (χ3n) is 15.9. The molecule has 71 heavy (non-hydrogen) atoms. The largest absolute Gasteiger partial charge is 0.480 e. The van der Waals surface area contributed by atoms with Gasteiger partial charge < -0.3 is 20.4 Å². The van der Waals surface area contributed by atoms with Crippen LogP contribution in [-0.4, -0.2) is 94.7 Å². The Labute approximate surface area is 411 Å². The van der Waals surface area contributed by atoms with Gasteiger partial charge in [-0.05, 0) is 58.7 Å². The Kier molecular flexibility index (Phi) is 15.0. The maximum Gasteiger partial charge on any atom is 0.327 e. The maximum atomic E-state index is 15.4. The van der Waals surface area contributed by atoms with Gasteiger partial charge >= 0.3 is 23.9 Å². The van der Waals surface area contributed by atoms with E-state index in [9.17, 15) is 49.7 Å². The number of benzene rings is 1. The molecule has 4 unspecified atom stereocenters. The van der Waals surface area contributed by atoms with Crippen LogP contribution in [-0.2, 0) is 38.4 Å². The van der Waals surface area contributed by atoms with Gasteiger partial charge in [0.05, 0.1) is 10.5 Å². The molecule has 0 spiro atoms. The molecule has 17 heteroatoms. The van der Waals surface area contributed by atoms with Crippen molar-refractivity contribution in [2.24, 2.45) is 21.7 Å². The zero-order valence-corrected chi connectivity index (χ0v) is 41.1. The van der Waals surface area contributed by atoms with Crippen LogP contribution in [0, 0.1) is 31.8 Å². The topological polar surface area (TPSA) is 267 Å². The second kappa shape index (κ2) is 20.3. The van der Waals surface area contributed by atoms with Crippen LogP contribution >= 0.6 is 0 Å². The van der Waals surface area contributed by atoms with Crippen molar-refractivity contribution in [2.75, 3.05) is 0 Å². The van der Waals surface area contributed by atoms with Gasteiger partial charge in [0.1, 0.15) is 0 Å². The highest BCUT2D eigenvalue weighted by Crippen LogP contribution is 2.59. The normalized spacial score (nSPS) is 24.5. The quantitative estimate of drug-likeness (QED) is 0.0221. The van der Waals surface area contributed by atoms with E-state index in [0.717, 1.165) is 99.5 Å². The summed E-state index contributed by atoms with van der Waals surface area (Å²) in [6, 6.07) is -1.84. The zero-order chi connectivity index (χ0) is 51.8. The molecule has 4 N–H and O–H groups in total. The molecule has 0 saturated carbocycles. The molecule has 2 heterocycles. The van der Waals surface area contributed by atoms with Crippen molar-refractivity contribution in [3.8, 4) is 0 Å². The molecular formula is C54H65N3O14. The smallest absolute Gasteiger partial charge is 0.327 e. The van der Waals surface area contributed by atoms with E-state index in [-0.39, 0.29) is 47.6 Å². The SMILES string of the molecule is CCCCCCC(CCCCCC)N1C(=O)C2(C(=O)O)C=Cc3c4c5c(c6c3=C2C(C(=O)O)(C=C6)C1=O)C([N+](=O)[O-])=CC1(C(=O)O)C(=O)N(C(CCCCCC)CCCCCC)C(=O)C(C(=O)O)(C=C4)C=51. The van der Waals surface area contributed by atoms with E-state index >= 15 is 19.2 Å². The van der Waals surface area contributed by atoms with E-state index in [1.54, 1.807) is 0 Å². The summed E-state index contributed by atoms with van der Waals surface area (Å²) in [7, 11) is 0. The Hall–Kier alpha value is -6.52. The van der Waals surface area contributed by atoms with Gasteiger partial charge in [-0.3, -0.25) is 58.3 Å². The number of rotatable bonds is 27. The van der Waals surface area contributed by atoms with Gasteiger partial charge in [0.15, 0.2) is 21.7 Å². The fraction of sp³-hybridized carbons (Fsp3) is 0.556. The number of carbonyl (C=O) groups is 8. The number of hydrogen-bond donors (Lipinski definition) is 4. The first-order valence-electron chi connectivity index (χ1n) is 25.5. The number of imide groups is 2. The summed E-state index contributed by atoms with van der Waals surface area (Å²) in [4.78, 5) is 132. The first kappa shape index (κ1) is 52.3. The fourth-order valence-corrected chi connectivity index (χ4v) is 12.3. The average molecular weight is 980 g/mol. The lowest BCUT2D eigenvalue weighted by molar-refractivity contribution is -0.376. The van der Waals surface area contributed by atoms with E-state index in [0.29, 0.717) is 49.5 Å². The van der Waals surface area contributed by atoms with Crippen molar-refractivity contribution in [3.05, 3.63) is 67.1 Å². The molecule has 0 radical (unpaired) electrons. The van der Waals surface area contributed by atoms with Crippen LogP contribution < -0.4 is 10.4 Å². The molecule has 1 aromatic rings. The fourth-order valence-electron chi connectivity index (χ4n) is 12.3. The number of aliphatic carboxylic acids is 4. The second-order valence-electron chi connectivity index (χ2n) is 20.0. The molecule has 380 valence electrons. The molecule has 7 rings (SSSR count). The van der Waals surface area contributed by atoms with Crippen molar-refractivity contribution in [1.82, 2.24) is 9.80 Å². The van der Waals surface area contributed by atoms with Gasteiger partial charge in [-0.25, -0.2) is 0 Å². The molecule has 2 aliphatic heterocycles. The summed E-state index contributed by atoms with van der Waals surface area (Å²) in [5, 5.41) is 58.4. The number of carboxylic acid groups (broad SMARTS) is 4. The van der Waals surface area contributed by atoms with E-state index in [4.69, 9.17) is 0 Å². The van der Waals surface area contributed by atoms with Gasteiger partial charge in [-0.2, -0.15) is 0 Å². The number of piperidine rings is 2. The summed E-state index contributed by atoms with van der Waals surface area (Å²) in [5.41, 5.74) is -15.5. The average Bonchev–Trinajstić information content (AvgIpc) is 3.33. The van der Waals surface area contributed by atoms with E-state index in [1.807, 2.05) is 27.7 Å². The molecule has 4 amide bonds. The summed E-state index contributed by atoms with van der Waals surface area (Å²) in [5.74, 6) is -12.5. The van der Waals surface area contributed by atoms with Crippen LogP contribution in [0.25, 0.3) is 35.1 Å². The minimum absolute atomic E-state index is 0.121. The number of carbonyl (C=O) groups excluding carboxylic acids is 4. The molecule has 4 atom stereocenters. The lowest BCUT2D eigenvalue weighted by atomic mass is 9.54. The molecule has 0 bridgehead atoms. The summed E-state index contributed by atoms with van der Waals surface area (Å²) in [6.45, 7) is 8.03. The number of hydrogen-bond acceptors (Lipinski definition) is 10. The van der Waals surface area contributed by atoms with Crippen molar-refractivity contribution >= 4 is 82.6 Å². The highest BCUT2D eigenvalue weighted by Gasteiger charge is 2.73. The number of nitro groups is 1.